The van der Waals surface area contributed by atoms with Crippen LogP contribution < -0.4 is 0 Å². The van der Waals surface area contributed by atoms with E-state index in [1.165, 1.54) is 0 Å². The number of hydrogen-bond acceptors (Lipinski definition) is 4. The topological polar surface area (TPSA) is 59.1 Å². The molecule has 1 saturated heterocycles. The van der Waals surface area contributed by atoms with Crippen LogP contribution in [0.15, 0.2) is 43.0 Å². The summed E-state index contributed by atoms with van der Waals surface area (Å²) in [6.07, 6.45) is -0.141. The second kappa shape index (κ2) is 4.92. The highest BCUT2D eigenvalue weighted by Gasteiger charge is 2.64. The molecule has 18 heavy (non-hydrogen) atoms. The zero-order valence-electron chi connectivity index (χ0n) is 10.2. The van der Waals surface area contributed by atoms with Crippen molar-refractivity contribution in [3.05, 3.63) is 48.6 Å². The molecule has 1 aromatic carbocycles. The molecule has 0 aromatic heterocycles. The largest absolute Gasteiger partial charge is 0.464 e. The van der Waals surface area contributed by atoms with E-state index in [-0.39, 0.29) is 12.7 Å². The molecular formula is C14H16O4. The molecule has 3 atom stereocenters. The van der Waals surface area contributed by atoms with Gasteiger partial charge in [-0.05, 0) is 12.5 Å². The highest BCUT2D eigenvalue weighted by Crippen LogP contribution is 2.49. The smallest absolute Gasteiger partial charge is 0.338 e. The molecule has 2 rings (SSSR count). The van der Waals surface area contributed by atoms with Crippen molar-refractivity contribution in [1.29, 1.82) is 0 Å². The first-order chi connectivity index (χ1) is 8.66. The van der Waals surface area contributed by atoms with E-state index in [2.05, 4.69) is 6.58 Å². The van der Waals surface area contributed by atoms with Gasteiger partial charge in [0, 0.05) is 0 Å². The van der Waals surface area contributed by atoms with Crippen LogP contribution in [0.3, 0.4) is 0 Å². The molecule has 0 aliphatic carbocycles. The minimum atomic E-state index is -1.34. The van der Waals surface area contributed by atoms with Crippen LogP contribution in [0.5, 0.6) is 0 Å². The molecule has 1 fully saturated rings. The quantitative estimate of drug-likeness (QED) is 0.486. The van der Waals surface area contributed by atoms with Crippen molar-refractivity contribution in [3.63, 3.8) is 0 Å². The van der Waals surface area contributed by atoms with E-state index in [0.29, 0.717) is 0 Å². The third kappa shape index (κ3) is 1.94. The van der Waals surface area contributed by atoms with Crippen LogP contribution in [0.2, 0.25) is 0 Å². The van der Waals surface area contributed by atoms with E-state index < -0.39 is 17.7 Å². The molecular weight excluding hydrogens is 232 g/mol. The fourth-order valence-corrected chi connectivity index (χ4v) is 2.10. The van der Waals surface area contributed by atoms with Gasteiger partial charge in [0.25, 0.3) is 0 Å². The fraction of sp³-hybridized carbons (Fsp3) is 0.357. The van der Waals surface area contributed by atoms with E-state index in [9.17, 15) is 9.90 Å². The number of benzene rings is 1. The van der Waals surface area contributed by atoms with Gasteiger partial charge in [-0.2, -0.15) is 0 Å². The van der Waals surface area contributed by atoms with Crippen molar-refractivity contribution in [1.82, 2.24) is 0 Å². The van der Waals surface area contributed by atoms with Crippen molar-refractivity contribution >= 4 is 5.97 Å². The molecule has 1 aliphatic rings. The Kier molecular flexibility index (Phi) is 3.50. The second-order valence-corrected chi connectivity index (χ2v) is 4.09. The molecule has 0 amide bonds. The van der Waals surface area contributed by atoms with Gasteiger partial charge in [-0.3, -0.25) is 0 Å². The molecule has 1 heterocycles. The first-order valence-corrected chi connectivity index (χ1v) is 5.87. The summed E-state index contributed by atoms with van der Waals surface area (Å²) in [6.45, 7) is 5.56. The Bertz CT molecular complexity index is 442. The second-order valence-electron chi connectivity index (χ2n) is 4.09. The van der Waals surface area contributed by atoms with E-state index in [1.54, 1.807) is 13.0 Å². The molecule has 1 aromatic rings. The Labute approximate surface area is 106 Å². The Morgan fingerprint density at radius 3 is 2.78 bits per heavy atom. The Morgan fingerprint density at radius 2 is 2.28 bits per heavy atom. The van der Waals surface area contributed by atoms with Crippen LogP contribution in [0.25, 0.3) is 0 Å². The van der Waals surface area contributed by atoms with Crippen LogP contribution in [0.4, 0.5) is 0 Å². The highest BCUT2D eigenvalue weighted by atomic mass is 16.6. The van der Waals surface area contributed by atoms with Crippen molar-refractivity contribution < 1.29 is 19.4 Å². The van der Waals surface area contributed by atoms with Crippen molar-refractivity contribution in [2.24, 2.45) is 0 Å². The summed E-state index contributed by atoms with van der Waals surface area (Å²) in [5.74, 6) is -0.675. The van der Waals surface area contributed by atoms with Crippen molar-refractivity contribution in [3.8, 4) is 0 Å². The number of epoxide rings is 1. The Balaban J connectivity index is 2.30. The molecule has 0 bridgehead atoms. The van der Waals surface area contributed by atoms with Gasteiger partial charge in [-0.1, -0.05) is 36.4 Å². The minimum absolute atomic E-state index is 0.222. The lowest BCUT2D eigenvalue weighted by Gasteiger charge is -2.18. The van der Waals surface area contributed by atoms with E-state index >= 15 is 0 Å². The third-order valence-corrected chi connectivity index (χ3v) is 3.04. The normalized spacial score (nSPS) is 27.3. The summed E-state index contributed by atoms with van der Waals surface area (Å²) in [6, 6.07) is 9.14. The molecule has 4 heteroatoms. The predicted octanol–water partition coefficient (Wildman–Crippen LogP) is 1.39. The lowest BCUT2D eigenvalue weighted by molar-refractivity contribution is -0.157. The molecule has 1 aliphatic heterocycles. The summed E-state index contributed by atoms with van der Waals surface area (Å²) in [4.78, 5) is 11.7. The molecule has 96 valence electrons. The standard InChI is InChI=1S/C14H16O4/c1-3-11-14(18-11,10-8-6-5-7-9-10)12(15)13(16)17-4-2/h3,5-9,11-12,15H,1,4H2,2H3/t11-,12+,14+/m0/s1. The number of hydrogen-bond donors (Lipinski definition) is 1. The van der Waals surface area contributed by atoms with Crippen LogP contribution in [-0.4, -0.2) is 29.9 Å². The molecule has 4 nitrogen and oxygen atoms in total. The molecule has 0 unspecified atom stereocenters. The maximum atomic E-state index is 11.7. The summed E-state index contributed by atoms with van der Waals surface area (Å²) in [5.41, 5.74) is -0.301. The van der Waals surface area contributed by atoms with Gasteiger partial charge in [-0.15, -0.1) is 6.58 Å². The van der Waals surface area contributed by atoms with Crippen LogP contribution >= 0.6 is 0 Å². The number of esters is 1. The molecule has 0 saturated carbocycles. The SMILES string of the molecule is C=C[C@@H]1O[C@@]1(c1ccccc1)[C@H](O)C(=O)OCC. The molecule has 1 N–H and O–H groups in total. The summed E-state index contributed by atoms with van der Waals surface area (Å²) in [5, 5.41) is 10.1. The Hall–Kier alpha value is -1.65. The first kappa shape index (κ1) is 12.8. The lowest BCUT2D eigenvalue weighted by atomic mass is 9.89. The Morgan fingerprint density at radius 1 is 1.61 bits per heavy atom. The molecule has 0 radical (unpaired) electrons. The third-order valence-electron chi connectivity index (χ3n) is 3.04. The van der Waals surface area contributed by atoms with E-state index in [1.807, 2.05) is 30.3 Å². The zero-order valence-corrected chi connectivity index (χ0v) is 10.2. The number of aliphatic hydroxyl groups excluding tert-OH is 1. The average molecular weight is 248 g/mol. The first-order valence-electron chi connectivity index (χ1n) is 5.87. The van der Waals surface area contributed by atoms with Gasteiger partial charge < -0.3 is 14.6 Å². The van der Waals surface area contributed by atoms with Gasteiger partial charge in [0.1, 0.15) is 6.10 Å². The van der Waals surface area contributed by atoms with Crippen molar-refractivity contribution in [2.45, 2.75) is 24.7 Å². The number of rotatable bonds is 5. The molecule has 0 spiro atoms. The number of carbonyl (C=O) groups is 1. The number of carbonyl (C=O) groups excluding carboxylic acids is 1. The van der Waals surface area contributed by atoms with Gasteiger partial charge >= 0.3 is 5.97 Å². The number of ether oxygens (including phenoxy) is 2. The van der Waals surface area contributed by atoms with E-state index in [4.69, 9.17) is 9.47 Å². The maximum absolute atomic E-state index is 11.7. The van der Waals surface area contributed by atoms with Gasteiger partial charge in [0.2, 0.25) is 0 Å². The zero-order chi connectivity index (χ0) is 13.2. The van der Waals surface area contributed by atoms with Gasteiger partial charge in [0.05, 0.1) is 6.61 Å². The summed E-state index contributed by atoms with van der Waals surface area (Å²) >= 11 is 0. The minimum Gasteiger partial charge on any atom is -0.464 e. The lowest BCUT2D eigenvalue weighted by Crippen LogP contribution is -2.38. The van der Waals surface area contributed by atoms with Crippen molar-refractivity contribution in [2.75, 3.05) is 6.61 Å². The monoisotopic (exact) mass is 248 g/mol. The number of aliphatic hydroxyl groups is 1. The average Bonchev–Trinajstić information content (AvgIpc) is 3.15. The van der Waals surface area contributed by atoms with Crippen LogP contribution in [0, 0.1) is 0 Å². The highest BCUT2D eigenvalue weighted by molar-refractivity contribution is 5.77. The summed E-state index contributed by atoms with van der Waals surface area (Å²) in [7, 11) is 0. The van der Waals surface area contributed by atoms with Gasteiger partial charge in [0.15, 0.2) is 11.7 Å². The maximum Gasteiger partial charge on any atom is 0.338 e. The predicted molar refractivity (Wildman–Crippen MR) is 65.8 cm³/mol. The van der Waals surface area contributed by atoms with Gasteiger partial charge in [-0.25, -0.2) is 4.79 Å². The fourth-order valence-electron chi connectivity index (χ4n) is 2.10. The van der Waals surface area contributed by atoms with Crippen LogP contribution in [0.1, 0.15) is 12.5 Å². The van der Waals surface area contributed by atoms with E-state index in [0.717, 1.165) is 5.56 Å². The van der Waals surface area contributed by atoms with Crippen LogP contribution in [-0.2, 0) is 19.9 Å². The summed E-state index contributed by atoms with van der Waals surface area (Å²) < 4.78 is 10.3.